The van der Waals surface area contributed by atoms with Crippen molar-refractivity contribution >= 4 is 23.5 Å². The minimum Gasteiger partial charge on any atom is -0.394 e. The van der Waals surface area contributed by atoms with Gasteiger partial charge in [-0.3, -0.25) is 0 Å². The van der Waals surface area contributed by atoms with Gasteiger partial charge in [0.25, 0.3) is 0 Å². The van der Waals surface area contributed by atoms with Crippen LogP contribution in [-0.2, 0) is 0 Å². The molecule has 0 aliphatic carbocycles. The number of hydrogen-bond acceptors (Lipinski definition) is 6. The Morgan fingerprint density at radius 3 is 1.81 bits per heavy atom. The first-order valence-corrected chi connectivity index (χ1v) is 7.38. The maximum Gasteiger partial charge on any atom is 0.103 e. The van der Waals surface area contributed by atoms with E-state index < -0.39 is 22.9 Å². The first-order chi connectivity index (χ1) is 7.55. The normalized spacial score (nSPS) is 16.1. The van der Waals surface area contributed by atoms with E-state index in [1.165, 1.54) is 0 Å². The lowest BCUT2D eigenvalue weighted by atomic mass is 10.1. The van der Waals surface area contributed by atoms with Crippen LogP contribution < -0.4 is 0 Å². The Balaban J connectivity index is 4.49. The van der Waals surface area contributed by atoms with E-state index in [0.717, 1.165) is 11.5 Å². The molecule has 0 aromatic carbocycles. The fourth-order valence-electron chi connectivity index (χ4n) is 1.42. The van der Waals surface area contributed by atoms with Crippen LogP contribution in [0.5, 0.6) is 0 Å². The molecule has 0 rings (SSSR count). The van der Waals surface area contributed by atoms with Crippen molar-refractivity contribution in [3.8, 4) is 0 Å². The first-order valence-electron chi connectivity index (χ1n) is 5.41. The lowest BCUT2D eigenvalue weighted by Gasteiger charge is -2.33. The molecule has 0 aromatic rings. The molecule has 0 radical (unpaired) electrons. The van der Waals surface area contributed by atoms with E-state index in [4.69, 9.17) is 5.11 Å². The minimum absolute atomic E-state index is 0.0563. The second kappa shape index (κ2) is 8.60. The molecule has 0 saturated heterocycles. The number of rotatable bonds is 9. The molecule has 0 aromatic heterocycles. The van der Waals surface area contributed by atoms with Crippen molar-refractivity contribution in [3.63, 3.8) is 0 Å². The molecular formula is C10H22O4S2. The van der Waals surface area contributed by atoms with Gasteiger partial charge in [-0.25, -0.2) is 0 Å². The maximum atomic E-state index is 9.69. The molecule has 0 bridgehead atoms. The summed E-state index contributed by atoms with van der Waals surface area (Å²) >= 11 is 3.13. The zero-order valence-corrected chi connectivity index (χ0v) is 11.4. The number of hydrogen-bond donors (Lipinski definition) is 4. The van der Waals surface area contributed by atoms with Crippen molar-refractivity contribution in [2.75, 3.05) is 24.7 Å². The highest BCUT2D eigenvalue weighted by Gasteiger charge is 2.34. The average Bonchev–Trinajstić information content (AvgIpc) is 2.28. The molecule has 6 heteroatoms. The standard InChI is InChI=1S/C10H22O4S2/c1-3-15-10(7-12,16-4-2)5-8(13)9(14)6-11/h8-9,11-14H,3-7H2,1-2H3/t8-,9+/m0/s1. The van der Waals surface area contributed by atoms with Crippen LogP contribution in [0.2, 0.25) is 0 Å². The molecule has 0 saturated carbocycles. The van der Waals surface area contributed by atoms with Gasteiger partial charge in [-0.2, -0.15) is 0 Å². The van der Waals surface area contributed by atoms with Gasteiger partial charge in [-0.15, -0.1) is 23.5 Å². The van der Waals surface area contributed by atoms with Crippen LogP contribution >= 0.6 is 23.5 Å². The number of thioether (sulfide) groups is 2. The van der Waals surface area contributed by atoms with Gasteiger partial charge in [-0.05, 0) is 11.5 Å². The van der Waals surface area contributed by atoms with Crippen molar-refractivity contribution < 1.29 is 20.4 Å². The van der Waals surface area contributed by atoms with Gasteiger partial charge < -0.3 is 20.4 Å². The zero-order chi connectivity index (χ0) is 12.6. The molecule has 0 heterocycles. The molecule has 0 amide bonds. The Morgan fingerprint density at radius 2 is 1.50 bits per heavy atom. The van der Waals surface area contributed by atoms with Gasteiger partial charge >= 0.3 is 0 Å². The van der Waals surface area contributed by atoms with Crippen LogP contribution in [0.3, 0.4) is 0 Å². The lowest BCUT2D eigenvalue weighted by Crippen LogP contribution is -2.38. The van der Waals surface area contributed by atoms with Crippen LogP contribution in [-0.4, -0.2) is 61.4 Å². The number of aliphatic hydroxyl groups excluding tert-OH is 4. The van der Waals surface area contributed by atoms with E-state index in [9.17, 15) is 15.3 Å². The molecule has 0 aliphatic heterocycles. The topological polar surface area (TPSA) is 80.9 Å². The van der Waals surface area contributed by atoms with Crippen molar-refractivity contribution in [3.05, 3.63) is 0 Å². The lowest BCUT2D eigenvalue weighted by molar-refractivity contribution is -0.0204. The molecule has 2 atom stereocenters. The summed E-state index contributed by atoms with van der Waals surface area (Å²) in [5.41, 5.74) is 0. The van der Waals surface area contributed by atoms with E-state index in [2.05, 4.69) is 0 Å². The predicted octanol–water partition coefficient (Wildman–Crippen LogP) is 0.285. The van der Waals surface area contributed by atoms with E-state index >= 15 is 0 Å². The SMILES string of the molecule is CCSC(CO)(C[C@H](O)[C@H](O)CO)SCC. The van der Waals surface area contributed by atoms with Crippen LogP contribution in [0.4, 0.5) is 0 Å². The zero-order valence-electron chi connectivity index (χ0n) is 9.80. The van der Waals surface area contributed by atoms with Gasteiger partial charge in [0, 0.05) is 6.42 Å². The Labute approximate surface area is 105 Å². The van der Waals surface area contributed by atoms with Crippen molar-refractivity contribution in [1.82, 2.24) is 0 Å². The molecule has 0 aliphatic rings. The van der Waals surface area contributed by atoms with E-state index in [1.807, 2.05) is 13.8 Å². The van der Waals surface area contributed by atoms with Gasteiger partial charge in [0.1, 0.15) is 6.10 Å². The first kappa shape index (κ1) is 16.5. The van der Waals surface area contributed by atoms with Crippen LogP contribution in [0.1, 0.15) is 20.3 Å². The largest absolute Gasteiger partial charge is 0.394 e. The van der Waals surface area contributed by atoms with Gasteiger partial charge in [0.2, 0.25) is 0 Å². The molecular weight excluding hydrogens is 248 g/mol. The Morgan fingerprint density at radius 1 is 1.00 bits per heavy atom. The summed E-state index contributed by atoms with van der Waals surface area (Å²) in [6.45, 7) is 3.45. The molecule has 0 unspecified atom stereocenters. The third kappa shape index (κ3) is 5.25. The van der Waals surface area contributed by atoms with Crippen LogP contribution in [0.25, 0.3) is 0 Å². The summed E-state index contributed by atoms with van der Waals surface area (Å²) in [7, 11) is 0. The van der Waals surface area contributed by atoms with Crippen LogP contribution in [0.15, 0.2) is 0 Å². The summed E-state index contributed by atoms with van der Waals surface area (Å²) < 4.78 is -0.487. The molecule has 98 valence electrons. The van der Waals surface area contributed by atoms with E-state index in [0.29, 0.717) is 0 Å². The average molecular weight is 270 g/mol. The fourth-order valence-corrected chi connectivity index (χ4v) is 4.27. The fraction of sp³-hybridized carbons (Fsp3) is 1.00. The van der Waals surface area contributed by atoms with Gasteiger partial charge in [0.15, 0.2) is 0 Å². The quantitative estimate of drug-likeness (QED) is 0.451. The second-order valence-electron chi connectivity index (χ2n) is 3.46. The summed E-state index contributed by atoms with van der Waals surface area (Å²) in [4.78, 5) is 0. The highest BCUT2D eigenvalue weighted by Crippen LogP contribution is 2.41. The summed E-state index contributed by atoms with van der Waals surface area (Å²) in [5.74, 6) is 1.66. The van der Waals surface area contributed by atoms with Crippen molar-refractivity contribution in [2.45, 2.75) is 36.6 Å². The Hall–Kier alpha value is 0.540. The Kier molecular flexibility index (Phi) is 8.90. The second-order valence-corrected chi connectivity index (χ2v) is 7.01. The van der Waals surface area contributed by atoms with Gasteiger partial charge in [0.05, 0.1) is 23.4 Å². The summed E-state index contributed by atoms with van der Waals surface area (Å²) in [6, 6.07) is 0. The van der Waals surface area contributed by atoms with E-state index in [-0.39, 0.29) is 13.0 Å². The van der Waals surface area contributed by atoms with E-state index in [1.54, 1.807) is 23.5 Å². The van der Waals surface area contributed by atoms with Crippen molar-refractivity contribution in [1.29, 1.82) is 0 Å². The Bertz CT molecular complexity index is 174. The van der Waals surface area contributed by atoms with Gasteiger partial charge in [-0.1, -0.05) is 13.8 Å². The van der Waals surface area contributed by atoms with Crippen LogP contribution in [0, 0.1) is 0 Å². The highest BCUT2D eigenvalue weighted by atomic mass is 32.2. The molecule has 4 N–H and O–H groups in total. The smallest absolute Gasteiger partial charge is 0.103 e. The summed E-state index contributed by atoms with van der Waals surface area (Å²) in [5, 5.41) is 37.2. The highest BCUT2D eigenvalue weighted by molar-refractivity contribution is 8.18. The maximum absolute atomic E-state index is 9.69. The van der Waals surface area contributed by atoms with Crippen molar-refractivity contribution in [2.24, 2.45) is 0 Å². The minimum atomic E-state index is -1.14. The monoisotopic (exact) mass is 270 g/mol. The molecule has 0 spiro atoms. The molecule has 0 fully saturated rings. The third-order valence-electron chi connectivity index (χ3n) is 2.21. The third-order valence-corrected chi connectivity index (χ3v) is 5.14. The predicted molar refractivity (Wildman–Crippen MR) is 69.8 cm³/mol. The molecule has 16 heavy (non-hydrogen) atoms. The number of aliphatic hydroxyl groups is 4. The molecule has 4 nitrogen and oxygen atoms in total. The summed E-state index contributed by atoms with van der Waals surface area (Å²) in [6.07, 6.45) is -1.88.